The molecule has 1 saturated heterocycles. The standard InChI is InChI=1S/C38H62O10/c1-3-5-7-9-11-13-15-16-17-19-21-23-25-27-34(41)47-31(30-46-38-37(44)36(43)35(42)32(28-39)48-38)29-45-33(40)26-24-22-20-18-14-12-10-8-6-4-2/h5,7,9,11,13,15-17,19,21,31-32,35-39,42-44H,3-4,6,8,10,12,14,18,20,22-30H2,1-2H3/b7-5+,11-9+,15-13+,17-16+,21-19+/t31?,32-,35+,36?,37?,38-/m1/s1. The zero-order valence-electron chi connectivity index (χ0n) is 29.2. The monoisotopic (exact) mass is 678 g/mol. The minimum Gasteiger partial charge on any atom is -0.462 e. The van der Waals surface area contributed by atoms with Gasteiger partial charge in [0.25, 0.3) is 0 Å². The van der Waals surface area contributed by atoms with E-state index in [-0.39, 0.29) is 26.1 Å². The highest BCUT2D eigenvalue weighted by Gasteiger charge is 2.44. The molecule has 0 aromatic heterocycles. The van der Waals surface area contributed by atoms with Crippen molar-refractivity contribution >= 4 is 11.9 Å². The lowest BCUT2D eigenvalue weighted by atomic mass is 9.99. The smallest absolute Gasteiger partial charge is 0.306 e. The third-order valence-corrected chi connectivity index (χ3v) is 7.79. The van der Waals surface area contributed by atoms with E-state index in [0.717, 1.165) is 25.7 Å². The summed E-state index contributed by atoms with van der Waals surface area (Å²) >= 11 is 0. The fraction of sp³-hybridized carbons (Fsp3) is 0.684. The number of aliphatic hydroxyl groups excluding tert-OH is 4. The average molecular weight is 679 g/mol. The van der Waals surface area contributed by atoms with E-state index in [1.807, 2.05) is 54.7 Å². The van der Waals surface area contributed by atoms with Crippen molar-refractivity contribution in [3.05, 3.63) is 60.8 Å². The van der Waals surface area contributed by atoms with E-state index in [4.69, 9.17) is 18.9 Å². The van der Waals surface area contributed by atoms with Gasteiger partial charge < -0.3 is 39.4 Å². The molecule has 0 aliphatic carbocycles. The first kappa shape index (κ1) is 43.4. The lowest BCUT2D eigenvalue weighted by molar-refractivity contribution is -0.305. The highest BCUT2D eigenvalue weighted by Crippen LogP contribution is 2.22. The second-order valence-electron chi connectivity index (χ2n) is 12.1. The SMILES string of the molecule is CC/C=C/C=C/C=C/C=C/C=C/CCCC(=O)OC(COC(=O)CCCCCCCCCCCC)CO[C@@H]1O[C@H](CO)[C@H](O)C(O)C1O. The third-order valence-electron chi connectivity index (χ3n) is 7.79. The second kappa shape index (κ2) is 29.3. The number of carbonyl (C=O) groups excluding carboxylic acids is 2. The Morgan fingerprint density at radius 2 is 1.23 bits per heavy atom. The van der Waals surface area contributed by atoms with E-state index < -0.39 is 55.4 Å². The molecule has 1 aliphatic heterocycles. The molecule has 0 radical (unpaired) electrons. The molecule has 1 rings (SSSR count). The molecule has 0 aromatic carbocycles. The summed E-state index contributed by atoms with van der Waals surface area (Å²) in [5, 5.41) is 39.8. The van der Waals surface area contributed by atoms with Crippen molar-refractivity contribution in [2.45, 2.75) is 147 Å². The zero-order valence-corrected chi connectivity index (χ0v) is 29.2. The van der Waals surface area contributed by atoms with Gasteiger partial charge in [-0.1, -0.05) is 132 Å². The Balaban J connectivity index is 2.51. The van der Waals surface area contributed by atoms with Crippen LogP contribution in [0.5, 0.6) is 0 Å². The zero-order chi connectivity index (χ0) is 35.2. The van der Waals surface area contributed by atoms with Crippen molar-refractivity contribution < 1.29 is 49.0 Å². The molecule has 6 atom stereocenters. The molecule has 3 unspecified atom stereocenters. The van der Waals surface area contributed by atoms with Crippen molar-refractivity contribution in [2.75, 3.05) is 19.8 Å². The fourth-order valence-corrected chi connectivity index (χ4v) is 4.92. The van der Waals surface area contributed by atoms with Gasteiger partial charge in [0.05, 0.1) is 13.2 Å². The number of unbranched alkanes of at least 4 members (excludes halogenated alkanes) is 10. The van der Waals surface area contributed by atoms with Crippen molar-refractivity contribution in [1.82, 2.24) is 0 Å². The summed E-state index contributed by atoms with van der Waals surface area (Å²) in [6, 6.07) is 0. The van der Waals surface area contributed by atoms with E-state index in [9.17, 15) is 30.0 Å². The Bertz CT molecular complexity index is 971. The molecule has 0 spiro atoms. The van der Waals surface area contributed by atoms with Crippen molar-refractivity contribution in [2.24, 2.45) is 0 Å². The normalized spacial score (nSPS) is 22.5. The van der Waals surface area contributed by atoms with Gasteiger partial charge in [-0.3, -0.25) is 9.59 Å². The second-order valence-corrected chi connectivity index (χ2v) is 12.1. The quantitative estimate of drug-likeness (QED) is 0.0467. The summed E-state index contributed by atoms with van der Waals surface area (Å²) in [6.07, 6.45) is 25.4. The molecule has 1 fully saturated rings. The number of allylic oxidation sites excluding steroid dienone is 10. The molecular formula is C38H62O10. The molecule has 0 bridgehead atoms. The molecule has 10 nitrogen and oxygen atoms in total. The Hall–Kier alpha value is -2.60. The number of aliphatic hydroxyl groups is 4. The number of esters is 2. The summed E-state index contributed by atoms with van der Waals surface area (Å²) in [7, 11) is 0. The van der Waals surface area contributed by atoms with Gasteiger partial charge in [0.1, 0.15) is 31.0 Å². The summed E-state index contributed by atoms with van der Waals surface area (Å²) in [5.74, 6) is -0.903. The van der Waals surface area contributed by atoms with Crippen LogP contribution < -0.4 is 0 Å². The first-order chi connectivity index (χ1) is 23.3. The van der Waals surface area contributed by atoms with Crippen LogP contribution in [0.1, 0.15) is 110 Å². The maximum atomic E-state index is 12.6. The van der Waals surface area contributed by atoms with Crippen LogP contribution in [0.3, 0.4) is 0 Å². The van der Waals surface area contributed by atoms with Crippen molar-refractivity contribution in [3.63, 3.8) is 0 Å². The molecule has 274 valence electrons. The predicted octanol–water partition coefficient (Wildman–Crippen LogP) is 5.93. The van der Waals surface area contributed by atoms with E-state index >= 15 is 0 Å². The van der Waals surface area contributed by atoms with Crippen LogP contribution in [0, 0.1) is 0 Å². The maximum absolute atomic E-state index is 12.6. The van der Waals surface area contributed by atoms with Crippen LogP contribution in [-0.4, -0.2) is 89.0 Å². The van der Waals surface area contributed by atoms with Gasteiger partial charge in [-0.05, 0) is 25.7 Å². The minimum atomic E-state index is -1.61. The van der Waals surface area contributed by atoms with Crippen LogP contribution in [0.25, 0.3) is 0 Å². The molecule has 0 aromatic rings. The van der Waals surface area contributed by atoms with Crippen LogP contribution >= 0.6 is 0 Å². The fourth-order valence-electron chi connectivity index (χ4n) is 4.92. The van der Waals surface area contributed by atoms with Gasteiger partial charge in [0.15, 0.2) is 12.4 Å². The molecule has 0 saturated carbocycles. The number of ether oxygens (including phenoxy) is 4. The molecule has 4 N–H and O–H groups in total. The van der Waals surface area contributed by atoms with Crippen molar-refractivity contribution in [1.29, 1.82) is 0 Å². The number of hydrogen-bond donors (Lipinski definition) is 4. The van der Waals surface area contributed by atoms with Crippen molar-refractivity contribution in [3.8, 4) is 0 Å². The lowest BCUT2D eigenvalue weighted by Gasteiger charge is -2.39. The minimum absolute atomic E-state index is 0.132. The highest BCUT2D eigenvalue weighted by molar-refractivity contribution is 5.70. The molecule has 10 heteroatoms. The molecule has 48 heavy (non-hydrogen) atoms. The Morgan fingerprint density at radius 3 is 1.83 bits per heavy atom. The summed E-state index contributed by atoms with van der Waals surface area (Å²) in [6.45, 7) is 3.14. The largest absolute Gasteiger partial charge is 0.462 e. The number of carbonyl (C=O) groups is 2. The molecule has 1 aliphatic rings. The van der Waals surface area contributed by atoms with Gasteiger partial charge >= 0.3 is 11.9 Å². The van der Waals surface area contributed by atoms with Gasteiger partial charge in [-0.2, -0.15) is 0 Å². The Morgan fingerprint density at radius 1 is 0.667 bits per heavy atom. The molecule has 1 heterocycles. The average Bonchev–Trinajstić information content (AvgIpc) is 3.08. The van der Waals surface area contributed by atoms with Crippen LogP contribution in [-0.2, 0) is 28.5 Å². The number of hydrogen-bond acceptors (Lipinski definition) is 10. The summed E-state index contributed by atoms with van der Waals surface area (Å²) in [4.78, 5) is 25.0. The van der Waals surface area contributed by atoms with E-state index in [0.29, 0.717) is 19.3 Å². The van der Waals surface area contributed by atoms with Crippen LogP contribution in [0.15, 0.2) is 60.8 Å². The van der Waals surface area contributed by atoms with Crippen LogP contribution in [0.4, 0.5) is 0 Å². The lowest BCUT2D eigenvalue weighted by Crippen LogP contribution is -2.59. The highest BCUT2D eigenvalue weighted by atomic mass is 16.7. The van der Waals surface area contributed by atoms with Gasteiger partial charge in [-0.15, -0.1) is 0 Å². The maximum Gasteiger partial charge on any atom is 0.306 e. The van der Waals surface area contributed by atoms with Crippen LogP contribution in [0.2, 0.25) is 0 Å². The Labute approximate surface area is 288 Å². The summed E-state index contributed by atoms with van der Waals surface area (Å²) in [5.41, 5.74) is 0. The van der Waals surface area contributed by atoms with E-state index in [2.05, 4.69) is 19.9 Å². The third kappa shape index (κ3) is 21.4. The van der Waals surface area contributed by atoms with E-state index in [1.165, 1.54) is 38.5 Å². The van der Waals surface area contributed by atoms with E-state index in [1.54, 1.807) is 0 Å². The molecule has 0 amide bonds. The summed E-state index contributed by atoms with van der Waals surface area (Å²) < 4.78 is 21.9. The topological polar surface area (TPSA) is 152 Å². The first-order valence-corrected chi connectivity index (χ1v) is 17.9. The Kier molecular flexibility index (Phi) is 26.5. The van der Waals surface area contributed by atoms with Gasteiger partial charge in [-0.25, -0.2) is 0 Å². The predicted molar refractivity (Wildman–Crippen MR) is 187 cm³/mol. The van der Waals surface area contributed by atoms with Gasteiger partial charge in [0, 0.05) is 12.8 Å². The van der Waals surface area contributed by atoms with Gasteiger partial charge in [0.2, 0.25) is 0 Å². The number of rotatable bonds is 27. The first-order valence-electron chi connectivity index (χ1n) is 17.9. The molecular weight excluding hydrogens is 616 g/mol.